The number of hydrogen-bond acceptors (Lipinski definition) is 4. The summed E-state index contributed by atoms with van der Waals surface area (Å²) in [5.41, 5.74) is 0.960. The maximum atomic E-state index is 5.60. The highest BCUT2D eigenvalue weighted by molar-refractivity contribution is 14.0. The van der Waals surface area contributed by atoms with Crippen LogP contribution in [0.5, 0.6) is 5.88 Å². The van der Waals surface area contributed by atoms with Crippen molar-refractivity contribution >= 4 is 29.9 Å². The summed E-state index contributed by atoms with van der Waals surface area (Å²) < 4.78 is 10.6. The first-order valence-electron chi connectivity index (χ1n) is 7.39. The Morgan fingerprint density at radius 2 is 2.09 bits per heavy atom. The molecule has 0 saturated carbocycles. The van der Waals surface area contributed by atoms with E-state index in [-0.39, 0.29) is 24.0 Å². The highest BCUT2D eigenvalue weighted by Gasteiger charge is 2.04. The second-order valence-corrected chi connectivity index (χ2v) is 4.43. The van der Waals surface area contributed by atoms with Crippen molar-refractivity contribution in [1.82, 2.24) is 15.6 Å². The molecule has 0 aliphatic carbocycles. The maximum absolute atomic E-state index is 5.60. The highest BCUT2D eigenvalue weighted by Crippen LogP contribution is 2.15. The summed E-state index contributed by atoms with van der Waals surface area (Å²) in [7, 11) is 1.65. The standard InChI is InChI=1S/C15H26N4O2.HI/c1-4-8-18-15(16-5-2)19-12-13-7-6-9-17-14(13)21-11-10-20-3;/h6-7,9H,4-5,8,10-12H2,1-3H3,(H2,16,18,19);1H. The Hall–Kier alpha value is -1.09. The van der Waals surface area contributed by atoms with Crippen LogP contribution in [-0.2, 0) is 11.3 Å². The van der Waals surface area contributed by atoms with E-state index in [2.05, 4.69) is 27.5 Å². The summed E-state index contributed by atoms with van der Waals surface area (Å²) in [6, 6.07) is 3.86. The van der Waals surface area contributed by atoms with Crippen LogP contribution < -0.4 is 15.4 Å². The summed E-state index contributed by atoms with van der Waals surface area (Å²) in [4.78, 5) is 8.80. The van der Waals surface area contributed by atoms with Crippen LogP contribution in [0.1, 0.15) is 25.8 Å². The molecule has 1 heterocycles. The largest absolute Gasteiger partial charge is 0.475 e. The molecule has 1 aromatic rings. The Morgan fingerprint density at radius 1 is 1.27 bits per heavy atom. The van der Waals surface area contributed by atoms with Crippen molar-refractivity contribution in [3.05, 3.63) is 23.9 Å². The van der Waals surface area contributed by atoms with E-state index in [0.29, 0.717) is 25.6 Å². The molecule has 0 amide bonds. The summed E-state index contributed by atoms with van der Waals surface area (Å²) in [6.07, 6.45) is 2.78. The van der Waals surface area contributed by atoms with Gasteiger partial charge in [-0.25, -0.2) is 9.98 Å². The van der Waals surface area contributed by atoms with E-state index in [4.69, 9.17) is 9.47 Å². The molecule has 0 aliphatic rings. The number of aliphatic imine (C=N–C) groups is 1. The van der Waals surface area contributed by atoms with E-state index in [9.17, 15) is 0 Å². The van der Waals surface area contributed by atoms with Gasteiger partial charge in [0.05, 0.1) is 13.2 Å². The monoisotopic (exact) mass is 422 g/mol. The van der Waals surface area contributed by atoms with Crippen molar-refractivity contribution in [2.75, 3.05) is 33.4 Å². The molecule has 0 bridgehead atoms. The molecular weight excluding hydrogens is 395 g/mol. The normalized spacial score (nSPS) is 10.8. The molecule has 0 aliphatic heterocycles. The van der Waals surface area contributed by atoms with E-state index in [1.54, 1.807) is 13.3 Å². The molecule has 0 unspecified atom stereocenters. The lowest BCUT2D eigenvalue weighted by Gasteiger charge is -2.11. The number of nitrogens with one attached hydrogen (secondary N) is 2. The van der Waals surface area contributed by atoms with E-state index in [1.807, 2.05) is 19.1 Å². The van der Waals surface area contributed by atoms with Gasteiger partial charge in [-0.15, -0.1) is 24.0 Å². The third kappa shape index (κ3) is 8.38. The number of pyridine rings is 1. The third-order valence-corrected chi connectivity index (χ3v) is 2.67. The van der Waals surface area contributed by atoms with Crippen LogP contribution in [0.25, 0.3) is 0 Å². The quantitative estimate of drug-likeness (QED) is 0.277. The fourth-order valence-electron chi connectivity index (χ4n) is 1.65. The summed E-state index contributed by atoms with van der Waals surface area (Å²) in [6.45, 7) is 7.45. The minimum atomic E-state index is 0. The van der Waals surface area contributed by atoms with Gasteiger partial charge in [-0.3, -0.25) is 0 Å². The van der Waals surface area contributed by atoms with Crippen molar-refractivity contribution in [2.45, 2.75) is 26.8 Å². The number of ether oxygens (including phenoxy) is 2. The predicted molar refractivity (Wildman–Crippen MR) is 100 cm³/mol. The van der Waals surface area contributed by atoms with Gasteiger partial charge >= 0.3 is 0 Å². The molecule has 6 nitrogen and oxygen atoms in total. The van der Waals surface area contributed by atoms with E-state index >= 15 is 0 Å². The predicted octanol–water partition coefficient (Wildman–Crippen LogP) is 2.19. The number of nitrogens with zero attached hydrogens (tertiary/aromatic N) is 2. The van der Waals surface area contributed by atoms with Crippen LogP contribution in [0, 0.1) is 0 Å². The minimum Gasteiger partial charge on any atom is -0.475 e. The van der Waals surface area contributed by atoms with Crippen molar-refractivity contribution in [1.29, 1.82) is 0 Å². The Kier molecular flexibility index (Phi) is 12.9. The van der Waals surface area contributed by atoms with Gasteiger partial charge in [0.15, 0.2) is 5.96 Å². The van der Waals surface area contributed by atoms with Crippen molar-refractivity contribution in [2.24, 2.45) is 4.99 Å². The zero-order valence-corrected chi connectivity index (χ0v) is 15.9. The molecule has 126 valence electrons. The van der Waals surface area contributed by atoms with Gasteiger partial charge < -0.3 is 20.1 Å². The Balaban J connectivity index is 0.00000441. The van der Waals surface area contributed by atoms with Crippen LogP contribution in [-0.4, -0.2) is 44.4 Å². The van der Waals surface area contributed by atoms with Crippen LogP contribution >= 0.6 is 24.0 Å². The number of methoxy groups -OCH3 is 1. The number of aromatic nitrogens is 1. The summed E-state index contributed by atoms with van der Waals surface area (Å²) in [5.74, 6) is 1.43. The van der Waals surface area contributed by atoms with E-state index in [1.165, 1.54) is 0 Å². The second kappa shape index (κ2) is 13.6. The first-order chi connectivity index (χ1) is 10.3. The third-order valence-electron chi connectivity index (χ3n) is 2.67. The van der Waals surface area contributed by atoms with Gasteiger partial charge in [0.2, 0.25) is 5.88 Å². The molecular formula is C15H27IN4O2. The maximum Gasteiger partial charge on any atom is 0.218 e. The van der Waals surface area contributed by atoms with Crippen molar-refractivity contribution in [3.63, 3.8) is 0 Å². The SMILES string of the molecule is CCCNC(=NCc1cccnc1OCCOC)NCC.I. The van der Waals surface area contributed by atoms with Crippen LogP contribution in [0.2, 0.25) is 0 Å². The molecule has 0 atom stereocenters. The van der Waals surface area contributed by atoms with Crippen LogP contribution in [0.4, 0.5) is 0 Å². The molecule has 2 N–H and O–H groups in total. The summed E-state index contributed by atoms with van der Waals surface area (Å²) in [5, 5.41) is 6.49. The number of hydrogen-bond donors (Lipinski definition) is 2. The fourth-order valence-corrected chi connectivity index (χ4v) is 1.65. The first kappa shape index (κ1) is 20.9. The summed E-state index contributed by atoms with van der Waals surface area (Å²) >= 11 is 0. The number of halogens is 1. The van der Waals surface area contributed by atoms with Gasteiger partial charge in [0, 0.05) is 32.0 Å². The van der Waals surface area contributed by atoms with Gasteiger partial charge in [0.1, 0.15) is 6.61 Å². The number of guanidine groups is 1. The lowest BCUT2D eigenvalue weighted by molar-refractivity contribution is 0.143. The lowest BCUT2D eigenvalue weighted by atomic mass is 10.3. The lowest BCUT2D eigenvalue weighted by Crippen LogP contribution is -2.37. The molecule has 0 radical (unpaired) electrons. The van der Waals surface area contributed by atoms with Crippen molar-refractivity contribution < 1.29 is 9.47 Å². The van der Waals surface area contributed by atoms with Gasteiger partial charge in [-0.2, -0.15) is 0 Å². The average molecular weight is 422 g/mol. The Labute approximate surface area is 150 Å². The smallest absolute Gasteiger partial charge is 0.218 e. The van der Waals surface area contributed by atoms with Crippen LogP contribution in [0.15, 0.2) is 23.3 Å². The molecule has 0 saturated heterocycles. The molecule has 0 aromatic carbocycles. The fraction of sp³-hybridized carbons (Fsp3) is 0.600. The molecule has 0 spiro atoms. The average Bonchev–Trinajstić information content (AvgIpc) is 2.51. The molecule has 7 heteroatoms. The minimum absolute atomic E-state index is 0. The molecule has 0 fully saturated rings. The zero-order valence-electron chi connectivity index (χ0n) is 13.6. The van der Waals surface area contributed by atoms with Gasteiger partial charge in [0.25, 0.3) is 0 Å². The van der Waals surface area contributed by atoms with Gasteiger partial charge in [-0.1, -0.05) is 13.0 Å². The Morgan fingerprint density at radius 3 is 2.77 bits per heavy atom. The number of rotatable bonds is 9. The molecule has 1 rings (SSSR count). The zero-order chi connectivity index (χ0) is 15.3. The second-order valence-electron chi connectivity index (χ2n) is 4.43. The van der Waals surface area contributed by atoms with E-state index < -0.39 is 0 Å². The van der Waals surface area contributed by atoms with Gasteiger partial charge in [-0.05, 0) is 19.4 Å². The van der Waals surface area contributed by atoms with E-state index in [0.717, 1.165) is 31.0 Å². The van der Waals surface area contributed by atoms with Crippen LogP contribution in [0.3, 0.4) is 0 Å². The van der Waals surface area contributed by atoms with Crippen molar-refractivity contribution in [3.8, 4) is 5.88 Å². The molecule has 1 aromatic heterocycles. The highest BCUT2D eigenvalue weighted by atomic mass is 127. The Bertz CT molecular complexity index is 430. The first-order valence-corrected chi connectivity index (χ1v) is 7.39. The molecule has 22 heavy (non-hydrogen) atoms. The topological polar surface area (TPSA) is 67.8 Å².